The van der Waals surface area contributed by atoms with E-state index in [1.807, 2.05) is 12.4 Å². The predicted molar refractivity (Wildman–Crippen MR) is 56.5 cm³/mol. The second-order valence-electron chi connectivity index (χ2n) is 4.09. The first-order valence-corrected chi connectivity index (χ1v) is 4.96. The van der Waals surface area contributed by atoms with Gasteiger partial charge in [-0.25, -0.2) is 9.97 Å². The van der Waals surface area contributed by atoms with Crippen molar-refractivity contribution in [2.24, 2.45) is 0 Å². The van der Waals surface area contributed by atoms with E-state index in [2.05, 4.69) is 30.7 Å². The highest BCUT2D eigenvalue weighted by Crippen LogP contribution is 2.27. The zero-order valence-corrected chi connectivity index (χ0v) is 9.37. The van der Waals surface area contributed by atoms with Crippen LogP contribution in [0.3, 0.4) is 0 Å². The third-order valence-electron chi connectivity index (χ3n) is 2.47. The average molecular weight is 194 g/mol. The molecule has 0 bridgehead atoms. The lowest BCUT2D eigenvalue weighted by Crippen LogP contribution is -2.17. The van der Waals surface area contributed by atoms with Crippen LogP contribution in [-0.4, -0.2) is 17.1 Å². The van der Waals surface area contributed by atoms with E-state index >= 15 is 0 Å². The summed E-state index contributed by atoms with van der Waals surface area (Å²) in [6, 6.07) is 0.432. The largest absolute Gasteiger partial charge is 0.467 e. The van der Waals surface area contributed by atoms with E-state index in [1.165, 1.54) is 12.0 Å². The Morgan fingerprint density at radius 3 is 2.29 bits per heavy atom. The lowest BCUT2D eigenvalue weighted by molar-refractivity contribution is 0.376. The van der Waals surface area contributed by atoms with Crippen LogP contribution in [0.5, 0.6) is 6.01 Å². The summed E-state index contributed by atoms with van der Waals surface area (Å²) >= 11 is 0. The Bertz CT molecular complexity index is 280. The predicted octanol–water partition coefficient (Wildman–Crippen LogP) is 2.56. The van der Waals surface area contributed by atoms with Crippen molar-refractivity contribution in [1.29, 1.82) is 0 Å². The van der Waals surface area contributed by atoms with Gasteiger partial charge in [0.05, 0.1) is 7.11 Å². The Labute approximate surface area is 85.5 Å². The van der Waals surface area contributed by atoms with Crippen molar-refractivity contribution < 1.29 is 4.74 Å². The van der Waals surface area contributed by atoms with Crippen LogP contribution in [0.4, 0.5) is 0 Å². The Morgan fingerprint density at radius 1 is 1.29 bits per heavy atom. The lowest BCUT2D eigenvalue weighted by atomic mass is 9.82. The van der Waals surface area contributed by atoms with E-state index in [4.69, 9.17) is 4.74 Å². The van der Waals surface area contributed by atoms with Gasteiger partial charge in [0.25, 0.3) is 0 Å². The van der Waals surface area contributed by atoms with Crippen molar-refractivity contribution in [3.05, 3.63) is 18.0 Å². The molecule has 1 aromatic heterocycles. The summed E-state index contributed by atoms with van der Waals surface area (Å²) in [5.41, 5.74) is 1.32. The highest BCUT2D eigenvalue weighted by molar-refractivity contribution is 5.17. The molecule has 0 aliphatic rings. The summed E-state index contributed by atoms with van der Waals surface area (Å²) in [5.74, 6) is 0. The van der Waals surface area contributed by atoms with E-state index in [-0.39, 0.29) is 5.41 Å². The van der Waals surface area contributed by atoms with Crippen molar-refractivity contribution in [3.8, 4) is 6.01 Å². The fraction of sp³-hybridized carbons (Fsp3) is 0.636. The van der Waals surface area contributed by atoms with Crippen LogP contribution in [0.2, 0.25) is 0 Å². The van der Waals surface area contributed by atoms with Gasteiger partial charge in [-0.3, -0.25) is 0 Å². The molecule has 0 aliphatic heterocycles. The van der Waals surface area contributed by atoms with Crippen LogP contribution >= 0.6 is 0 Å². The molecule has 0 saturated heterocycles. The Hall–Kier alpha value is -1.12. The van der Waals surface area contributed by atoms with Gasteiger partial charge in [-0.2, -0.15) is 0 Å². The fourth-order valence-electron chi connectivity index (χ4n) is 1.54. The summed E-state index contributed by atoms with van der Waals surface area (Å²) in [6.07, 6.45) is 6.00. The molecule has 0 radical (unpaired) electrons. The van der Waals surface area contributed by atoms with Crippen LogP contribution in [-0.2, 0) is 5.41 Å². The molecule has 0 atom stereocenters. The molecule has 0 aromatic carbocycles. The maximum Gasteiger partial charge on any atom is 0.316 e. The molecule has 78 valence electrons. The minimum atomic E-state index is 0.154. The maximum atomic E-state index is 4.92. The molecule has 1 heterocycles. The summed E-state index contributed by atoms with van der Waals surface area (Å²) < 4.78 is 4.92. The molecule has 3 heteroatoms. The molecular formula is C11H18N2O. The zero-order chi connectivity index (χ0) is 10.6. The van der Waals surface area contributed by atoms with Crippen molar-refractivity contribution >= 4 is 0 Å². The van der Waals surface area contributed by atoms with Gasteiger partial charge in [-0.15, -0.1) is 0 Å². The number of methoxy groups -OCH3 is 1. The van der Waals surface area contributed by atoms with Gasteiger partial charge in [-0.05, 0) is 17.4 Å². The summed E-state index contributed by atoms with van der Waals surface area (Å²) in [7, 11) is 1.58. The average Bonchev–Trinajstić information content (AvgIpc) is 2.18. The van der Waals surface area contributed by atoms with E-state index in [0.717, 1.165) is 6.42 Å². The van der Waals surface area contributed by atoms with Crippen molar-refractivity contribution in [3.63, 3.8) is 0 Å². The molecular weight excluding hydrogens is 176 g/mol. The molecule has 0 aliphatic carbocycles. The first-order valence-electron chi connectivity index (χ1n) is 4.96. The first-order chi connectivity index (χ1) is 6.60. The quantitative estimate of drug-likeness (QED) is 0.739. The molecule has 14 heavy (non-hydrogen) atoms. The fourth-order valence-corrected chi connectivity index (χ4v) is 1.54. The Kier molecular flexibility index (Phi) is 3.44. The second kappa shape index (κ2) is 4.40. The molecule has 0 N–H and O–H groups in total. The van der Waals surface area contributed by atoms with Gasteiger partial charge in [0.15, 0.2) is 0 Å². The van der Waals surface area contributed by atoms with Crippen LogP contribution in [0, 0.1) is 0 Å². The Balaban J connectivity index is 2.85. The second-order valence-corrected chi connectivity index (χ2v) is 4.09. The molecule has 0 spiro atoms. The monoisotopic (exact) mass is 194 g/mol. The van der Waals surface area contributed by atoms with E-state index < -0.39 is 0 Å². The standard InChI is InChI=1S/C11H18N2O/c1-5-6-11(2,3)9-7-12-10(14-4)13-8-9/h7-8H,5-6H2,1-4H3. The van der Waals surface area contributed by atoms with Crippen molar-refractivity contribution in [2.75, 3.05) is 7.11 Å². The minimum absolute atomic E-state index is 0.154. The minimum Gasteiger partial charge on any atom is -0.467 e. The highest BCUT2D eigenvalue weighted by Gasteiger charge is 2.20. The third kappa shape index (κ3) is 2.44. The van der Waals surface area contributed by atoms with E-state index in [9.17, 15) is 0 Å². The zero-order valence-electron chi connectivity index (χ0n) is 9.37. The smallest absolute Gasteiger partial charge is 0.316 e. The third-order valence-corrected chi connectivity index (χ3v) is 2.47. The SMILES string of the molecule is CCCC(C)(C)c1cnc(OC)nc1. The topological polar surface area (TPSA) is 35.0 Å². The molecule has 0 saturated carbocycles. The van der Waals surface area contributed by atoms with Crippen LogP contribution < -0.4 is 4.74 Å². The molecule has 0 fully saturated rings. The number of hydrogen-bond donors (Lipinski definition) is 0. The normalized spacial score (nSPS) is 11.4. The number of nitrogens with zero attached hydrogens (tertiary/aromatic N) is 2. The highest BCUT2D eigenvalue weighted by atomic mass is 16.5. The number of ether oxygens (including phenoxy) is 1. The van der Waals surface area contributed by atoms with Gasteiger partial charge in [-0.1, -0.05) is 27.2 Å². The van der Waals surface area contributed by atoms with Gasteiger partial charge in [0, 0.05) is 12.4 Å². The van der Waals surface area contributed by atoms with Gasteiger partial charge in [0.2, 0.25) is 0 Å². The maximum absolute atomic E-state index is 4.92. The van der Waals surface area contributed by atoms with Crippen molar-refractivity contribution in [2.45, 2.75) is 39.0 Å². The molecule has 0 unspecified atom stereocenters. The van der Waals surface area contributed by atoms with Crippen molar-refractivity contribution in [1.82, 2.24) is 9.97 Å². The molecule has 1 aromatic rings. The molecule has 3 nitrogen and oxygen atoms in total. The van der Waals surface area contributed by atoms with Crippen LogP contribution in [0.25, 0.3) is 0 Å². The van der Waals surface area contributed by atoms with Crippen LogP contribution in [0.1, 0.15) is 39.2 Å². The van der Waals surface area contributed by atoms with Crippen LogP contribution in [0.15, 0.2) is 12.4 Å². The Morgan fingerprint density at radius 2 is 1.86 bits per heavy atom. The van der Waals surface area contributed by atoms with E-state index in [0.29, 0.717) is 6.01 Å². The number of aromatic nitrogens is 2. The number of hydrogen-bond acceptors (Lipinski definition) is 3. The lowest BCUT2D eigenvalue weighted by Gasteiger charge is -2.23. The van der Waals surface area contributed by atoms with E-state index in [1.54, 1.807) is 7.11 Å². The first kappa shape index (κ1) is 11.0. The molecule has 1 rings (SSSR count). The summed E-state index contributed by atoms with van der Waals surface area (Å²) in [6.45, 7) is 6.61. The molecule has 0 amide bonds. The number of rotatable bonds is 4. The summed E-state index contributed by atoms with van der Waals surface area (Å²) in [5, 5.41) is 0. The van der Waals surface area contributed by atoms with Gasteiger partial charge in [0.1, 0.15) is 0 Å². The summed E-state index contributed by atoms with van der Waals surface area (Å²) in [4.78, 5) is 8.22. The van der Waals surface area contributed by atoms with Gasteiger partial charge >= 0.3 is 6.01 Å². The van der Waals surface area contributed by atoms with Gasteiger partial charge < -0.3 is 4.74 Å².